The SMILES string of the molecule is CCN1C(=O)/C(=C/c2cn(Cc3ccc(C#N)cc3)c3ccccc23)NC1=S. The number of nitrogens with one attached hydrogen (secondary N) is 1. The number of nitrogens with zero attached hydrogens (tertiary/aromatic N) is 3. The summed E-state index contributed by atoms with van der Waals surface area (Å²) in [6.45, 7) is 3.12. The van der Waals surface area contributed by atoms with E-state index in [1.165, 1.54) is 0 Å². The number of amides is 1. The van der Waals surface area contributed by atoms with E-state index >= 15 is 0 Å². The highest BCUT2D eigenvalue weighted by molar-refractivity contribution is 7.80. The van der Waals surface area contributed by atoms with Gasteiger partial charge in [0, 0.05) is 35.8 Å². The molecule has 2 aromatic carbocycles. The zero-order valence-electron chi connectivity index (χ0n) is 15.3. The summed E-state index contributed by atoms with van der Waals surface area (Å²) in [5, 5.41) is 13.5. The van der Waals surface area contributed by atoms with Crippen LogP contribution in [0.1, 0.15) is 23.6 Å². The molecule has 1 aliphatic rings. The van der Waals surface area contributed by atoms with Gasteiger partial charge in [0.05, 0.1) is 11.6 Å². The van der Waals surface area contributed by atoms with Gasteiger partial charge in [0.1, 0.15) is 5.70 Å². The number of fused-ring (bicyclic) bond motifs is 1. The van der Waals surface area contributed by atoms with Gasteiger partial charge in [-0.15, -0.1) is 0 Å². The van der Waals surface area contributed by atoms with E-state index in [0.717, 1.165) is 22.0 Å². The van der Waals surface area contributed by atoms with Crippen molar-refractivity contribution in [3.05, 3.63) is 77.1 Å². The zero-order chi connectivity index (χ0) is 19.7. The Morgan fingerprint density at radius 2 is 1.93 bits per heavy atom. The molecule has 1 aliphatic heterocycles. The highest BCUT2D eigenvalue weighted by Gasteiger charge is 2.29. The van der Waals surface area contributed by atoms with Crippen molar-refractivity contribution in [1.82, 2.24) is 14.8 Å². The predicted molar refractivity (Wildman–Crippen MR) is 113 cm³/mol. The third kappa shape index (κ3) is 3.17. The molecular weight excluding hydrogens is 368 g/mol. The number of carbonyl (C=O) groups excluding carboxylic acids is 1. The average Bonchev–Trinajstić information content (AvgIpc) is 3.19. The lowest BCUT2D eigenvalue weighted by atomic mass is 10.1. The highest BCUT2D eigenvalue weighted by Crippen LogP contribution is 2.25. The van der Waals surface area contributed by atoms with Crippen molar-refractivity contribution in [2.75, 3.05) is 6.54 Å². The monoisotopic (exact) mass is 386 g/mol. The fourth-order valence-electron chi connectivity index (χ4n) is 3.42. The molecule has 0 saturated carbocycles. The molecule has 3 aromatic rings. The first-order valence-electron chi connectivity index (χ1n) is 9.02. The second-order valence-electron chi connectivity index (χ2n) is 6.58. The minimum absolute atomic E-state index is 0.101. The van der Waals surface area contributed by atoms with Gasteiger partial charge in [0.15, 0.2) is 5.11 Å². The Bertz CT molecular complexity index is 1150. The van der Waals surface area contributed by atoms with Crippen LogP contribution in [0.25, 0.3) is 17.0 Å². The van der Waals surface area contributed by atoms with Crippen LogP contribution in [0.3, 0.4) is 0 Å². The van der Waals surface area contributed by atoms with Gasteiger partial charge in [0.25, 0.3) is 5.91 Å². The third-order valence-corrected chi connectivity index (χ3v) is 5.16. The standard InChI is InChI=1S/C22H18N4OS/c1-2-26-21(27)19(24-22(26)28)11-17-14-25(20-6-4-3-5-18(17)20)13-16-9-7-15(12-23)8-10-16/h3-11,14H,2,13H2,1H3,(H,24,28)/b19-11-. The van der Waals surface area contributed by atoms with E-state index in [-0.39, 0.29) is 5.91 Å². The molecule has 1 fully saturated rings. The summed E-state index contributed by atoms with van der Waals surface area (Å²) in [6, 6.07) is 17.8. The molecule has 6 heteroatoms. The van der Waals surface area contributed by atoms with Crippen molar-refractivity contribution in [3.63, 3.8) is 0 Å². The summed E-state index contributed by atoms with van der Waals surface area (Å²) >= 11 is 5.24. The van der Waals surface area contributed by atoms with Crippen LogP contribution in [0.2, 0.25) is 0 Å². The highest BCUT2D eigenvalue weighted by atomic mass is 32.1. The van der Waals surface area contributed by atoms with E-state index < -0.39 is 0 Å². The molecule has 0 radical (unpaired) electrons. The Hall–Kier alpha value is -3.43. The van der Waals surface area contributed by atoms with Gasteiger partial charge >= 0.3 is 0 Å². The topological polar surface area (TPSA) is 61.1 Å². The average molecular weight is 386 g/mol. The van der Waals surface area contributed by atoms with Gasteiger partial charge < -0.3 is 9.88 Å². The second kappa shape index (κ2) is 7.29. The van der Waals surface area contributed by atoms with Crippen molar-refractivity contribution in [3.8, 4) is 6.07 Å². The number of hydrogen-bond acceptors (Lipinski definition) is 3. The minimum atomic E-state index is -0.101. The molecule has 1 amide bonds. The maximum atomic E-state index is 12.5. The summed E-state index contributed by atoms with van der Waals surface area (Å²) in [5.41, 5.74) is 4.29. The largest absolute Gasteiger partial charge is 0.342 e. The van der Waals surface area contributed by atoms with E-state index in [2.05, 4.69) is 22.0 Å². The predicted octanol–water partition coefficient (Wildman–Crippen LogP) is 3.64. The fraction of sp³-hybridized carbons (Fsp3) is 0.136. The molecule has 1 N–H and O–H groups in total. The molecule has 4 rings (SSSR count). The molecule has 1 saturated heterocycles. The van der Waals surface area contributed by atoms with Gasteiger partial charge in [0.2, 0.25) is 0 Å². The fourth-order valence-corrected chi connectivity index (χ4v) is 3.74. The van der Waals surface area contributed by atoms with Crippen LogP contribution in [0.15, 0.2) is 60.4 Å². The number of hydrogen-bond donors (Lipinski definition) is 1. The number of rotatable bonds is 4. The Labute approximate surface area is 168 Å². The lowest BCUT2D eigenvalue weighted by molar-refractivity contribution is -0.122. The van der Waals surface area contributed by atoms with E-state index in [1.807, 2.05) is 61.7 Å². The molecule has 0 spiro atoms. The summed E-state index contributed by atoms with van der Waals surface area (Å²) in [6.07, 6.45) is 3.91. The van der Waals surface area contributed by atoms with Crippen LogP contribution in [0, 0.1) is 11.3 Å². The quantitative estimate of drug-likeness (QED) is 0.549. The number of aromatic nitrogens is 1. The number of thiocarbonyl (C=S) groups is 1. The Morgan fingerprint density at radius 3 is 2.61 bits per heavy atom. The van der Waals surface area contributed by atoms with Crippen molar-refractivity contribution in [2.24, 2.45) is 0 Å². The van der Waals surface area contributed by atoms with Crippen LogP contribution < -0.4 is 5.32 Å². The first-order valence-corrected chi connectivity index (χ1v) is 9.43. The van der Waals surface area contributed by atoms with Gasteiger partial charge in [-0.1, -0.05) is 30.3 Å². The minimum Gasteiger partial charge on any atom is -0.342 e. The smallest absolute Gasteiger partial charge is 0.276 e. The van der Waals surface area contributed by atoms with Gasteiger partial charge in [-0.2, -0.15) is 5.26 Å². The van der Waals surface area contributed by atoms with Crippen LogP contribution in [-0.2, 0) is 11.3 Å². The lowest BCUT2D eigenvalue weighted by Crippen LogP contribution is -2.30. The summed E-state index contributed by atoms with van der Waals surface area (Å²) in [4.78, 5) is 14.1. The van der Waals surface area contributed by atoms with E-state index in [9.17, 15) is 4.79 Å². The Balaban J connectivity index is 1.73. The van der Waals surface area contributed by atoms with Gasteiger partial charge in [-0.05, 0) is 49.0 Å². The van der Waals surface area contributed by atoms with Crippen molar-refractivity contribution >= 4 is 40.2 Å². The summed E-state index contributed by atoms with van der Waals surface area (Å²) < 4.78 is 2.15. The van der Waals surface area contributed by atoms with Crippen molar-refractivity contribution in [1.29, 1.82) is 5.26 Å². The molecule has 138 valence electrons. The normalized spacial score (nSPS) is 15.3. The molecule has 5 nitrogen and oxygen atoms in total. The second-order valence-corrected chi connectivity index (χ2v) is 6.96. The molecule has 1 aromatic heterocycles. The van der Waals surface area contributed by atoms with Crippen LogP contribution in [-0.4, -0.2) is 27.0 Å². The van der Waals surface area contributed by atoms with E-state index in [4.69, 9.17) is 17.5 Å². The number of nitriles is 1. The first-order chi connectivity index (χ1) is 13.6. The molecular formula is C22H18N4OS. The maximum Gasteiger partial charge on any atom is 0.276 e. The Morgan fingerprint density at radius 1 is 1.18 bits per heavy atom. The number of likely N-dealkylation sites (N-methyl/N-ethyl adjacent to an activating group) is 1. The summed E-state index contributed by atoms with van der Waals surface area (Å²) in [5.74, 6) is -0.101. The Kier molecular flexibility index (Phi) is 4.68. The van der Waals surface area contributed by atoms with Crippen LogP contribution in [0.5, 0.6) is 0 Å². The molecule has 0 atom stereocenters. The number of carbonyl (C=O) groups is 1. The molecule has 0 aliphatic carbocycles. The molecule has 2 heterocycles. The van der Waals surface area contributed by atoms with Crippen molar-refractivity contribution < 1.29 is 4.79 Å². The van der Waals surface area contributed by atoms with Crippen molar-refractivity contribution in [2.45, 2.75) is 13.5 Å². The van der Waals surface area contributed by atoms with Crippen LogP contribution in [0.4, 0.5) is 0 Å². The van der Waals surface area contributed by atoms with Gasteiger partial charge in [-0.3, -0.25) is 9.69 Å². The number of benzene rings is 2. The number of para-hydroxylation sites is 1. The van der Waals surface area contributed by atoms with Gasteiger partial charge in [-0.25, -0.2) is 0 Å². The van der Waals surface area contributed by atoms with E-state index in [0.29, 0.717) is 29.5 Å². The molecule has 0 bridgehead atoms. The maximum absolute atomic E-state index is 12.5. The first kappa shape index (κ1) is 18.0. The van der Waals surface area contributed by atoms with Crippen LogP contribution >= 0.6 is 12.2 Å². The lowest BCUT2D eigenvalue weighted by Gasteiger charge is -2.08. The van der Waals surface area contributed by atoms with E-state index in [1.54, 1.807) is 4.90 Å². The summed E-state index contributed by atoms with van der Waals surface area (Å²) in [7, 11) is 0. The third-order valence-electron chi connectivity index (χ3n) is 4.83. The molecule has 28 heavy (non-hydrogen) atoms. The molecule has 0 unspecified atom stereocenters. The zero-order valence-corrected chi connectivity index (χ0v) is 16.2.